The first-order valence-electron chi connectivity index (χ1n) is 8.77. The number of carbonyl (C=O) groups is 1. The number of hydrogen-bond acceptors (Lipinski definition) is 3. The second kappa shape index (κ2) is 9.23. The fraction of sp³-hybridized carbons (Fsp3) is 0.381. The van der Waals surface area contributed by atoms with Gasteiger partial charge < -0.3 is 15.8 Å². The van der Waals surface area contributed by atoms with Gasteiger partial charge in [-0.05, 0) is 42.5 Å². The highest BCUT2D eigenvalue weighted by Gasteiger charge is 2.14. The van der Waals surface area contributed by atoms with E-state index in [0.29, 0.717) is 19.1 Å². The van der Waals surface area contributed by atoms with Crippen molar-refractivity contribution in [2.45, 2.75) is 33.2 Å². The number of amides is 1. The molecule has 0 heterocycles. The first-order chi connectivity index (χ1) is 12.0. The van der Waals surface area contributed by atoms with Gasteiger partial charge >= 0.3 is 0 Å². The van der Waals surface area contributed by atoms with E-state index >= 15 is 0 Å². The summed E-state index contributed by atoms with van der Waals surface area (Å²) in [4.78, 5) is 12.2. The molecule has 0 spiro atoms. The van der Waals surface area contributed by atoms with Crippen molar-refractivity contribution in [1.82, 2.24) is 5.32 Å². The standard InChI is InChI=1S/C21H28N2O2/c1-15(2)14-25-19-10-6-17(7-11-19)12-13-23-21(24)20(22)18-8-4-16(3)5-9-18/h4-11,15,20H,12-14,22H2,1-3H3,(H,23,24). The van der Waals surface area contributed by atoms with Gasteiger partial charge in [-0.15, -0.1) is 0 Å². The predicted molar refractivity (Wildman–Crippen MR) is 102 cm³/mol. The fourth-order valence-corrected chi connectivity index (χ4v) is 2.38. The zero-order valence-electron chi connectivity index (χ0n) is 15.3. The lowest BCUT2D eigenvalue weighted by Crippen LogP contribution is -2.35. The maximum atomic E-state index is 12.2. The van der Waals surface area contributed by atoms with E-state index in [4.69, 9.17) is 10.5 Å². The summed E-state index contributed by atoms with van der Waals surface area (Å²) in [7, 11) is 0. The minimum atomic E-state index is -0.632. The minimum Gasteiger partial charge on any atom is -0.493 e. The molecule has 4 nitrogen and oxygen atoms in total. The normalized spacial score (nSPS) is 12.0. The zero-order valence-corrected chi connectivity index (χ0v) is 15.3. The summed E-state index contributed by atoms with van der Waals surface area (Å²) < 4.78 is 5.67. The van der Waals surface area contributed by atoms with Gasteiger partial charge in [0.05, 0.1) is 6.61 Å². The third-order valence-electron chi connectivity index (χ3n) is 3.94. The topological polar surface area (TPSA) is 64.4 Å². The van der Waals surface area contributed by atoms with Gasteiger partial charge in [0, 0.05) is 6.54 Å². The third-order valence-corrected chi connectivity index (χ3v) is 3.94. The molecule has 1 atom stereocenters. The van der Waals surface area contributed by atoms with Gasteiger partial charge in [0.2, 0.25) is 5.91 Å². The van der Waals surface area contributed by atoms with Gasteiger partial charge in [0.1, 0.15) is 11.8 Å². The van der Waals surface area contributed by atoms with E-state index in [0.717, 1.165) is 28.9 Å². The molecule has 0 aromatic heterocycles. The molecule has 2 aromatic rings. The maximum Gasteiger partial charge on any atom is 0.241 e. The van der Waals surface area contributed by atoms with E-state index in [-0.39, 0.29) is 5.91 Å². The molecule has 0 bridgehead atoms. The first kappa shape index (κ1) is 19.0. The van der Waals surface area contributed by atoms with Crippen LogP contribution in [0.1, 0.15) is 36.6 Å². The second-order valence-corrected chi connectivity index (χ2v) is 6.78. The van der Waals surface area contributed by atoms with Gasteiger partial charge in [-0.1, -0.05) is 55.8 Å². The van der Waals surface area contributed by atoms with E-state index in [9.17, 15) is 4.79 Å². The molecule has 3 N–H and O–H groups in total. The predicted octanol–water partition coefficient (Wildman–Crippen LogP) is 3.39. The second-order valence-electron chi connectivity index (χ2n) is 6.78. The van der Waals surface area contributed by atoms with Crippen LogP contribution in [0.3, 0.4) is 0 Å². The van der Waals surface area contributed by atoms with Crippen molar-refractivity contribution in [2.24, 2.45) is 11.7 Å². The van der Waals surface area contributed by atoms with Gasteiger partial charge in [-0.3, -0.25) is 4.79 Å². The summed E-state index contributed by atoms with van der Waals surface area (Å²) in [5.41, 5.74) is 9.15. The average molecular weight is 340 g/mol. The Kier molecular flexibility index (Phi) is 7.02. The summed E-state index contributed by atoms with van der Waals surface area (Å²) in [6, 6.07) is 15.1. The number of benzene rings is 2. The number of nitrogens with two attached hydrogens (primary N) is 1. The number of nitrogens with one attached hydrogen (secondary N) is 1. The van der Waals surface area contributed by atoms with Crippen molar-refractivity contribution in [3.63, 3.8) is 0 Å². The Morgan fingerprint density at radius 3 is 2.32 bits per heavy atom. The first-order valence-corrected chi connectivity index (χ1v) is 8.77. The maximum absolute atomic E-state index is 12.2. The Balaban J connectivity index is 1.77. The molecule has 0 aliphatic carbocycles. The van der Waals surface area contributed by atoms with Crippen LogP contribution in [-0.2, 0) is 11.2 Å². The van der Waals surface area contributed by atoms with Gasteiger partial charge in [0.15, 0.2) is 0 Å². The molecular formula is C21H28N2O2. The molecule has 2 rings (SSSR count). The van der Waals surface area contributed by atoms with Crippen molar-refractivity contribution < 1.29 is 9.53 Å². The Labute approximate surface area is 150 Å². The Morgan fingerprint density at radius 1 is 1.08 bits per heavy atom. The van der Waals surface area contributed by atoms with Crippen molar-refractivity contribution in [1.29, 1.82) is 0 Å². The molecule has 0 saturated carbocycles. The van der Waals surface area contributed by atoms with E-state index in [1.165, 1.54) is 0 Å². The molecule has 134 valence electrons. The molecule has 1 amide bonds. The Bertz CT molecular complexity index is 663. The van der Waals surface area contributed by atoms with Gasteiger partial charge in [-0.2, -0.15) is 0 Å². The Hall–Kier alpha value is -2.33. The van der Waals surface area contributed by atoms with Crippen LogP contribution < -0.4 is 15.8 Å². The highest BCUT2D eigenvalue weighted by molar-refractivity contribution is 5.82. The summed E-state index contributed by atoms with van der Waals surface area (Å²) in [5.74, 6) is 1.23. The van der Waals surface area contributed by atoms with Crippen molar-refractivity contribution >= 4 is 5.91 Å². The summed E-state index contributed by atoms with van der Waals surface area (Å²) in [5, 5.41) is 2.90. The van der Waals surface area contributed by atoms with E-state index in [1.54, 1.807) is 0 Å². The number of carbonyl (C=O) groups excluding carboxylic acids is 1. The molecular weight excluding hydrogens is 312 g/mol. The minimum absolute atomic E-state index is 0.152. The largest absolute Gasteiger partial charge is 0.493 e. The highest BCUT2D eigenvalue weighted by Crippen LogP contribution is 2.14. The average Bonchev–Trinajstić information content (AvgIpc) is 2.61. The molecule has 4 heteroatoms. The van der Waals surface area contributed by atoms with E-state index < -0.39 is 6.04 Å². The lowest BCUT2D eigenvalue weighted by atomic mass is 10.1. The van der Waals surface area contributed by atoms with Crippen LogP contribution in [0, 0.1) is 12.8 Å². The van der Waals surface area contributed by atoms with Crippen LogP contribution in [-0.4, -0.2) is 19.1 Å². The zero-order chi connectivity index (χ0) is 18.2. The fourth-order valence-electron chi connectivity index (χ4n) is 2.38. The lowest BCUT2D eigenvalue weighted by Gasteiger charge is -2.13. The molecule has 25 heavy (non-hydrogen) atoms. The van der Waals surface area contributed by atoms with Crippen molar-refractivity contribution in [3.05, 3.63) is 65.2 Å². The van der Waals surface area contributed by atoms with E-state index in [2.05, 4.69) is 19.2 Å². The molecule has 1 unspecified atom stereocenters. The van der Waals surface area contributed by atoms with Crippen LogP contribution in [0.15, 0.2) is 48.5 Å². The summed E-state index contributed by atoms with van der Waals surface area (Å²) in [6.07, 6.45) is 0.761. The molecule has 2 aromatic carbocycles. The lowest BCUT2D eigenvalue weighted by molar-refractivity contribution is -0.122. The quantitative estimate of drug-likeness (QED) is 0.774. The highest BCUT2D eigenvalue weighted by atomic mass is 16.5. The van der Waals surface area contributed by atoms with Gasteiger partial charge in [-0.25, -0.2) is 0 Å². The number of aryl methyl sites for hydroxylation is 1. The molecule has 0 saturated heterocycles. The van der Waals surface area contributed by atoms with Crippen molar-refractivity contribution in [2.75, 3.05) is 13.2 Å². The summed E-state index contributed by atoms with van der Waals surface area (Å²) >= 11 is 0. The molecule has 0 aliphatic heterocycles. The molecule has 0 aliphatic rings. The summed E-state index contributed by atoms with van der Waals surface area (Å²) in [6.45, 7) is 7.53. The van der Waals surface area contributed by atoms with Crippen LogP contribution in [0.2, 0.25) is 0 Å². The number of hydrogen-bond donors (Lipinski definition) is 2. The van der Waals surface area contributed by atoms with Crippen LogP contribution >= 0.6 is 0 Å². The number of ether oxygens (including phenoxy) is 1. The van der Waals surface area contributed by atoms with Gasteiger partial charge in [0.25, 0.3) is 0 Å². The van der Waals surface area contributed by atoms with Crippen molar-refractivity contribution in [3.8, 4) is 5.75 Å². The third kappa shape index (κ3) is 6.24. The van der Waals surface area contributed by atoms with E-state index in [1.807, 2.05) is 55.5 Å². The molecule has 0 fully saturated rings. The Morgan fingerprint density at radius 2 is 1.72 bits per heavy atom. The number of rotatable bonds is 8. The van der Waals surface area contributed by atoms with Crippen LogP contribution in [0.5, 0.6) is 5.75 Å². The monoisotopic (exact) mass is 340 g/mol. The molecule has 0 radical (unpaired) electrons. The van der Waals surface area contributed by atoms with Crippen LogP contribution in [0.25, 0.3) is 0 Å². The van der Waals surface area contributed by atoms with Crippen LogP contribution in [0.4, 0.5) is 0 Å². The SMILES string of the molecule is Cc1ccc(C(N)C(=O)NCCc2ccc(OCC(C)C)cc2)cc1. The smallest absolute Gasteiger partial charge is 0.241 e.